The molecule has 112 valence electrons. The Morgan fingerprint density at radius 1 is 1.05 bits per heavy atom. The molecule has 2 heteroatoms. The van der Waals surface area contributed by atoms with Crippen LogP contribution >= 0.6 is 0 Å². The molecule has 2 nitrogen and oxygen atoms in total. The van der Waals surface area contributed by atoms with Crippen LogP contribution in [0.3, 0.4) is 0 Å². The largest absolute Gasteiger partial charge is 0.378 e. The van der Waals surface area contributed by atoms with Crippen LogP contribution in [0.2, 0.25) is 0 Å². The van der Waals surface area contributed by atoms with Gasteiger partial charge in [0.15, 0.2) is 0 Å². The highest BCUT2D eigenvalue weighted by atomic mass is 16.5. The quantitative estimate of drug-likeness (QED) is 0.751. The van der Waals surface area contributed by atoms with Crippen LogP contribution in [0.5, 0.6) is 0 Å². The van der Waals surface area contributed by atoms with Gasteiger partial charge >= 0.3 is 0 Å². The minimum atomic E-state index is 0.260. The topological polar surface area (TPSA) is 12.5 Å². The van der Waals surface area contributed by atoms with Crippen LogP contribution in [0.4, 0.5) is 0 Å². The van der Waals surface area contributed by atoms with Crippen molar-refractivity contribution in [1.29, 1.82) is 0 Å². The number of nitrogens with zero attached hydrogens (tertiary/aromatic N) is 1. The molecule has 19 heavy (non-hydrogen) atoms. The van der Waals surface area contributed by atoms with Gasteiger partial charge in [0.05, 0.1) is 6.10 Å². The lowest BCUT2D eigenvalue weighted by Gasteiger charge is -2.55. The van der Waals surface area contributed by atoms with Crippen molar-refractivity contribution in [2.75, 3.05) is 13.2 Å². The second-order valence-corrected chi connectivity index (χ2v) is 8.56. The molecule has 4 atom stereocenters. The molecule has 4 unspecified atom stereocenters. The predicted molar refractivity (Wildman–Crippen MR) is 81.3 cm³/mol. The molecule has 1 saturated heterocycles. The van der Waals surface area contributed by atoms with Crippen LogP contribution in [-0.4, -0.2) is 35.7 Å². The number of rotatable bonds is 2. The molecule has 1 aliphatic carbocycles. The summed E-state index contributed by atoms with van der Waals surface area (Å²) in [5.74, 6) is 1.47. The Kier molecular flexibility index (Phi) is 4.06. The minimum absolute atomic E-state index is 0.260. The lowest BCUT2D eigenvalue weighted by atomic mass is 9.72. The Balaban J connectivity index is 2.31. The van der Waals surface area contributed by atoms with Crippen LogP contribution in [0.25, 0.3) is 0 Å². The fourth-order valence-corrected chi connectivity index (χ4v) is 4.47. The van der Waals surface area contributed by atoms with Crippen molar-refractivity contribution in [2.45, 2.75) is 79.0 Å². The summed E-state index contributed by atoms with van der Waals surface area (Å²) in [7, 11) is 0. The molecule has 0 aromatic heterocycles. The number of piperidine rings is 1. The van der Waals surface area contributed by atoms with Gasteiger partial charge in [0.1, 0.15) is 0 Å². The third-order valence-electron chi connectivity index (χ3n) is 5.04. The number of fused-ring (bicyclic) bond motifs is 2. The third-order valence-corrected chi connectivity index (χ3v) is 5.04. The summed E-state index contributed by atoms with van der Waals surface area (Å²) in [4.78, 5) is 2.77. The van der Waals surface area contributed by atoms with Gasteiger partial charge < -0.3 is 4.74 Å². The summed E-state index contributed by atoms with van der Waals surface area (Å²) < 4.78 is 6.13. The standard InChI is InChI=1S/C17H33NO/c1-8-19-14-12-9-10-13(14)15(16(2,3)4)18(11-12)17(5,6)7/h12-15H,8-11H2,1-7H3. The highest BCUT2D eigenvalue weighted by molar-refractivity contribution is 5.06. The van der Waals surface area contributed by atoms with Gasteiger partial charge in [0.25, 0.3) is 0 Å². The Hall–Kier alpha value is -0.0800. The van der Waals surface area contributed by atoms with E-state index in [1.807, 2.05) is 0 Å². The Labute approximate surface area is 119 Å². The molecule has 0 spiro atoms. The lowest BCUT2D eigenvalue weighted by Crippen LogP contribution is -2.63. The van der Waals surface area contributed by atoms with Crippen molar-refractivity contribution in [3.05, 3.63) is 0 Å². The van der Waals surface area contributed by atoms with E-state index in [1.165, 1.54) is 19.4 Å². The monoisotopic (exact) mass is 267 g/mol. The maximum atomic E-state index is 6.13. The van der Waals surface area contributed by atoms with E-state index >= 15 is 0 Å². The first-order chi connectivity index (χ1) is 8.66. The highest BCUT2D eigenvalue weighted by Crippen LogP contribution is 2.49. The molecule has 2 fully saturated rings. The van der Waals surface area contributed by atoms with E-state index in [0.29, 0.717) is 17.6 Å². The molecular weight excluding hydrogens is 234 g/mol. The zero-order valence-corrected chi connectivity index (χ0v) is 14.0. The van der Waals surface area contributed by atoms with E-state index in [4.69, 9.17) is 4.74 Å². The predicted octanol–water partition coefficient (Wildman–Crippen LogP) is 3.95. The second-order valence-electron chi connectivity index (χ2n) is 8.56. The first kappa shape index (κ1) is 15.3. The molecule has 0 aromatic rings. The molecule has 2 bridgehead atoms. The fraction of sp³-hybridized carbons (Fsp3) is 1.00. The van der Waals surface area contributed by atoms with Crippen molar-refractivity contribution in [3.63, 3.8) is 0 Å². The summed E-state index contributed by atoms with van der Waals surface area (Å²) in [5, 5.41) is 0. The van der Waals surface area contributed by atoms with Gasteiger partial charge in [-0.3, -0.25) is 4.90 Å². The number of hydrogen-bond donors (Lipinski definition) is 0. The van der Waals surface area contributed by atoms with E-state index in [9.17, 15) is 0 Å². The zero-order valence-electron chi connectivity index (χ0n) is 14.0. The second kappa shape index (κ2) is 5.04. The smallest absolute Gasteiger partial charge is 0.0658 e. The lowest BCUT2D eigenvalue weighted by molar-refractivity contribution is -0.116. The molecular formula is C17H33NO. The van der Waals surface area contributed by atoms with Gasteiger partial charge in [-0.05, 0) is 51.9 Å². The summed E-state index contributed by atoms with van der Waals surface area (Å²) in [6.07, 6.45) is 3.21. The molecule has 0 aromatic carbocycles. The van der Waals surface area contributed by atoms with Crippen LogP contribution in [0.1, 0.15) is 61.3 Å². The molecule has 0 amide bonds. The van der Waals surface area contributed by atoms with Gasteiger partial charge in [-0.15, -0.1) is 0 Å². The Morgan fingerprint density at radius 3 is 2.16 bits per heavy atom. The van der Waals surface area contributed by atoms with Gasteiger partial charge in [-0.1, -0.05) is 20.8 Å². The van der Waals surface area contributed by atoms with Crippen LogP contribution in [0.15, 0.2) is 0 Å². The zero-order chi connectivity index (χ0) is 14.4. The average Bonchev–Trinajstić information content (AvgIpc) is 2.50. The number of ether oxygens (including phenoxy) is 1. The van der Waals surface area contributed by atoms with Crippen LogP contribution in [0, 0.1) is 17.3 Å². The number of likely N-dealkylation sites (tertiary alicyclic amines) is 1. The van der Waals surface area contributed by atoms with Crippen LogP contribution < -0.4 is 0 Å². The molecule has 0 radical (unpaired) electrons. The molecule has 1 saturated carbocycles. The van der Waals surface area contributed by atoms with Crippen molar-refractivity contribution < 1.29 is 4.74 Å². The molecule has 1 heterocycles. The fourth-order valence-electron chi connectivity index (χ4n) is 4.47. The van der Waals surface area contributed by atoms with Crippen molar-refractivity contribution >= 4 is 0 Å². The van der Waals surface area contributed by atoms with Crippen LogP contribution in [-0.2, 0) is 4.74 Å². The van der Waals surface area contributed by atoms with E-state index in [2.05, 4.69) is 53.4 Å². The summed E-state index contributed by atoms with van der Waals surface area (Å²) in [6.45, 7) is 18.5. The third kappa shape index (κ3) is 2.85. The summed E-state index contributed by atoms with van der Waals surface area (Å²) in [6, 6.07) is 0.641. The van der Waals surface area contributed by atoms with E-state index in [-0.39, 0.29) is 5.54 Å². The van der Waals surface area contributed by atoms with Gasteiger partial charge in [0.2, 0.25) is 0 Å². The Morgan fingerprint density at radius 2 is 1.68 bits per heavy atom. The van der Waals surface area contributed by atoms with E-state index in [0.717, 1.165) is 18.4 Å². The first-order valence-corrected chi connectivity index (χ1v) is 8.04. The van der Waals surface area contributed by atoms with Crippen molar-refractivity contribution in [3.8, 4) is 0 Å². The normalized spacial score (nSPS) is 36.8. The molecule has 2 rings (SSSR count). The average molecular weight is 267 g/mol. The molecule has 0 N–H and O–H groups in total. The first-order valence-electron chi connectivity index (χ1n) is 8.04. The van der Waals surface area contributed by atoms with Gasteiger partial charge in [0, 0.05) is 30.7 Å². The Bertz CT molecular complexity index is 312. The van der Waals surface area contributed by atoms with Gasteiger partial charge in [-0.25, -0.2) is 0 Å². The van der Waals surface area contributed by atoms with E-state index < -0.39 is 0 Å². The maximum absolute atomic E-state index is 6.13. The maximum Gasteiger partial charge on any atom is 0.0658 e. The molecule has 2 aliphatic rings. The number of hydrogen-bond acceptors (Lipinski definition) is 2. The van der Waals surface area contributed by atoms with Gasteiger partial charge in [-0.2, -0.15) is 0 Å². The van der Waals surface area contributed by atoms with Crippen molar-refractivity contribution in [1.82, 2.24) is 4.90 Å². The highest BCUT2D eigenvalue weighted by Gasteiger charge is 2.53. The van der Waals surface area contributed by atoms with Crippen molar-refractivity contribution in [2.24, 2.45) is 17.3 Å². The molecule has 1 aliphatic heterocycles. The summed E-state index contributed by atoms with van der Waals surface area (Å²) >= 11 is 0. The van der Waals surface area contributed by atoms with E-state index in [1.54, 1.807) is 0 Å². The summed E-state index contributed by atoms with van der Waals surface area (Å²) in [5.41, 5.74) is 0.582. The minimum Gasteiger partial charge on any atom is -0.378 e. The SMILES string of the molecule is CCOC1C2CCC1C(C(C)(C)C)N(C(C)(C)C)C2.